The number of nitrogens with zero attached hydrogens (tertiary/aromatic N) is 2. The fourth-order valence-corrected chi connectivity index (χ4v) is 1.42. The van der Waals surface area contributed by atoms with Crippen molar-refractivity contribution in [1.29, 1.82) is 0 Å². The number of hydrogen-bond donors (Lipinski definition) is 1. The Morgan fingerprint density at radius 2 is 2.20 bits per heavy atom. The van der Waals surface area contributed by atoms with Gasteiger partial charge in [-0.1, -0.05) is 22.8 Å². The molecule has 0 atom stereocenters. The van der Waals surface area contributed by atoms with E-state index in [0.717, 1.165) is 0 Å². The Bertz CT molecular complexity index is 464. The van der Waals surface area contributed by atoms with Crippen LogP contribution in [-0.2, 0) is 0 Å². The van der Waals surface area contributed by atoms with Gasteiger partial charge in [0.05, 0.1) is 17.7 Å². The lowest BCUT2D eigenvalue weighted by Crippen LogP contribution is -1.90. The molecular weight excluding hydrogens is 218 g/mol. The van der Waals surface area contributed by atoms with Gasteiger partial charge in [0.15, 0.2) is 0 Å². The second-order valence-electron chi connectivity index (χ2n) is 2.78. The zero-order valence-corrected chi connectivity index (χ0v) is 8.65. The van der Waals surface area contributed by atoms with Gasteiger partial charge in [0, 0.05) is 5.69 Å². The predicted molar refractivity (Wildman–Crippen MR) is 55.7 cm³/mol. The van der Waals surface area contributed by atoms with Crippen molar-refractivity contribution < 1.29 is 9.15 Å². The molecule has 0 aliphatic heterocycles. The molecule has 2 aromatic rings. The summed E-state index contributed by atoms with van der Waals surface area (Å²) in [5.74, 6) is 0.245. The van der Waals surface area contributed by atoms with Crippen LogP contribution in [0.25, 0.3) is 11.5 Å². The molecule has 15 heavy (non-hydrogen) atoms. The Morgan fingerprint density at radius 1 is 1.40 bits per heavy atom. The van der Waals surface area contributed by atoms with Gasteiger partial charge in [0.25, 0.3) is 5.89 Å². The van der Waals surface area contributed by atoms with Gasteiger partial charge in [-0.25, -0.2) is 0 Å². The van der Waals surface area contributed by atoms with Gasteiger partial charge in [-0.3, -0.25) is 0 Å². The van der Waals surface area contributed by atoms with Crippen LogP contribution in [-0.4, -0.2) is 17.3 Å². The Kier molecular flexibility index (Phi) is 2.47. The molecule has 1 aromatic carbocycles. The molecule has 0 saturated heterocycles. The molecule has 0 unspecified atom stereocenters. The van der Waals surface area contributed by atoms with E-state index >= 15 is 0 Å². The molecule has 6 heteroatoms. The number of aromatic nitrogens is 2. The quantitative estimate of drug-likeness (QED) is 0.791. The topological polar surface area (TPSA) is 74.2 Å². The maximum Gasteiger partial charge on any atom is 0.414 e. The number of ether oxygens (including phenoxy) is 1. The summed E-state index contributed by atoms with van der Waals surface area (Å²) in [5.41, 5.74) is 6.75. The highest BCUT2D eigenvalue weighted by Crippen LogP contribution is 2.32. The summed E-state index contributed by atoms with van der Waals surface area (Å²) in [6, 6.07) is 5.15. The molecule has 2 N–H and O–H groups in total. The zero-order valence-electron chi connectivity index (χ0n) is 7.90. The van der Waals surface area contributed by atoms with E-state index in [1.165, 1.54) is 7.11 Å². The first-order chi connectivity index (χ1) is 7.22. The van der Waals surface area contributed by atoms with Crippen LogP contribution in [0.2, 0.25) is 5.02 Å². The molecular formula is C9H8ClN3O2. The average molecular weight is 226 g/mol. The Hall–Kier alpha value is -1.75. The number of halogens is 1. The molecule has 0 amide bonds. The fraction of sp³-hybridized carbons (Fsp3) is 0.111. The van der Waals surface area contributed by atoms with Crippen LogP contribution in [0.15, 0.2) is 22.6 Å². The molecule has 0 saturated carbocycles. The highest BCUT2D eigenvalue weighted by molar-refractivity contribution is 6.33. The first kappa shape index (κ1) is 9.79. The fourth-order valence-electron chi connectivity index (χ4n) is 1.16. The van der Waals surface area contributed by atoms with E-state index in [4.69, 9.17) is 26.5 Å². The van der Waals surface area contributed by atoms with E-state index < -0.39 is 0 Å². The molecule has 1 aromatic heterocycles. The van der Waals surface area contributed by atoms with Crippen molar-refractivity contribution in [3.63, 3.8) is 0 Å². The average Bonchev–Trinajstić information content (AvgIpc) is 2.66. The summed E-state index contributed by atoms with van der Waals surface area (Å²) in [5, 5.41) is 7.87. The molecule has 2 rings (SSSR count). The third-order valence-electron chi connectivity index (χ3n) is 1.84. The summed E-state index contributed by atoms with van der Waals surface area (Å²) in [7, 11) is 1.44. The molecule has 1 heterocycles. The minimum Gasteiger partial charge on any atom is -0.452 e. The minimum atomic E-state index is 0.0734. The molecule has 0 bridgehead atoms. The Morgan fingerprint density at radius 3 is 2.80 bits per heavy atom. The first-order valence-electron chi connectivity index (χ1n) is 4.14. The van der Waals surface area contributed by atoms with Crippen LogP contribution in [0.3, 0.4) is 0 Å². The second kappa shape index (κ2) is 3.78. The lowest BCUT2D eigenvalue weighted by molar-refractivity contribution is 0.293. The van der Waals surface area contributed by atoms with E-state index in [2.05, 4.69) is 10.2 Å². The number of methoxy groups -OCH3 is 1. The van der Waals surface area contributed by atoms with Gasteiger partial charge < -0.3 is 14.9 Å². The first-order valence-corrected chi connectivity index (χ1v) is 4.52. The molecule has 0 spiro atoms. The summed E-state index contributed by atoms with van der Waals surface area (Å²) < 4.78 is 9.94. The van der Waals surface area contributed by atoms with Crippen LogP contribution in [0.1, 0.15) is 0 Å². The van der Waals surface area contributed by atoms with E-state index in [9.17, 15) is 0 Å². The lowest BCUT2D eigenvalue weighted by Gasteiger charge is -2.01. The van der Waals surface area contributed by atoms with Gasteiger partial charge in [0.2, 0.25) is 0 Å². The molecule has 0 radical (unpaired) electrons. The monoisotopic (exact) mass is 225 g/mol. The minimum absolute atomic E-state index is 0.0734. The summed E-state index contributed by atoms with van der Waals surface area (Å²) in [4.78, 5) is 0. The predicted octanol–water partition coefficient (Wildman–Crippen LogP) is 1.98. The van der Waals surface area contributed by atoms with Crippen molar-refractivity contribution >= 4 is 17.3 Å². The van der Waals surface area contributed by atoms with Crippen LogP contribution in [0, 0.1) is 0 Å². The van der Waals surface area contributed by atoms with Gasteiger partial charge in [0.1, 0.15) is 0 Å². The number of hydrogen-bond acceptors (Lipinski definition) is 5. The van der Waals surface area contributed by atoms with E-state index in [1.54, 1.807) is 18.2 Å². The maximum absolute atomic E-state index is 5.97. The highest BCUT2D eigenvalue weighted by atomic mass is 35.5. The molecule has 0 aliphatic carbocycles. The number of benzene rings is 1. The van der Waals surface area contributed by atoms with Crippen molar-refractivity contribution in [3.8, 4) is 17.5 Å². The van der Waals surface area contributed by atoms with Crippen LogP contribution in [0.5, 0.6) is 6.08 Å². The summed E-state index contributed by atoms with van der Waals surface area (Å²) >= 11 is 5.97. The van der Waals surface area contributed by atoms with Crippen LogP contribution >= 0.6 is 11.6 Å². The number of anilines is 1. The zero-order chi connectivity index (χ0) is 10.8. The molecule has 0 aliphatic rings. The number of rotatable bonds is 2. The smallest absolute Gasteiger partial charge is 0.414 e. The van der Waals surface area contributed by atoms with Crippen molar-refractivity contribution in [1.82, 2.24) is 10.2 Å². The van der Waals surface area contributed by atoms with Gasteiger partial charge in [-0.05, 0) is 12.1 Å². The number of nitrogens with two attached hydrogens (primary N) is 1. The van der Waals surface area contributed by atoms with E-state index in [-0.39, 0.29) is 12.0 Å². The summed E-state index contributed by atoms with van der Waals surface area (Å²) in [6.07, 6.45) is 0.0734. The van der Waals surface area contributed by atoms with E-state index in [0.29, 0.717) is 16.3 Å². The van der Waals surface area contributed by atoms with Gasteiger partial charge in [-0.15, -0.1) is 5.10 Å². The molecule has 0 fully saturated rings. The van der Waals surface area contributed by atoms with Crippen LogP contribution in [0.4, 0.5) is 5.69 Å². The van der Waals surface area contributed by atoms with E-state index in [1.807, 2.05) is 0 Å². The lowest BCUT2D eigenvalue weighted by atomic mass is 10.2. The maximum atomic E-state index is 5.97. The SMILES string of the molecule is COc1nnc(-c2c(N)cccc2Cl)o1. The van der Waals surface area contributed by atoms with Crippen molar-refractivity contribution in [2.45, 2.75) is 0 Å². The second-order valence-corrected chi connectivity index (χ2v) is 3.19. The van der Waals surface area contributed by atoms with Crippen molar-refractivity contribution in [3.05, 3.63) is 23.2 Å². The highest BCUT2D eigenvalue weighted by Gasteiger charge is 2.14. The van der Waals surface area contributed by atoms with Gasteiger partial charge in [-0.2, -0.15) is 0 Å². The van der Waals surface area contributed by atoms with Gasteiger partial charge >= 0.3 is 6.08 Å². The third-order valence-corrected chi connectivity index (χ3v) is 2.16. The largest absolute Gasteiger partial charge is 0.452 e. The van der Waals surface area contributed by atoms with Crippen molar-refractivity contribution in [2.75, 3.05) is 12.8 Å². The normalized spacial score (nSPS) is 10.3. The standard InChI is InChI=1S/C9H8ClN3O2/c1-14-9-13-12-8(15-9)7-5(10)3-2-4-6(7)11/h2-4H,11H2,1H3. The van der Waals surface area contributed by atoms with Crippen molar-refractivity contribution in [2.24, 2.45) is 0 Å². The molecule has 78 valence electrons. The van der Waals surface area contributed by atoms with Crippen LogP contribution < -0.4 is 10.5 Å². The Balaban J connectivity index is 2.53. The number of nitrogen functional groups attached to an aromatic ring is 1. The molecule has 5 nitrogen and oxygen atoms in total. The third kappa shape index (κ3) is 1.73. The summed E-state index contributed by atoms with van der Waals surface area (Å²) in [6.45, 7) is 0. The Labute approximate surface area is 90.8 Å².